The summed E-state index contributed by atoms with van der Waals surface area (Å²) in [5.41, 5.74) is 0.537. The van der Waals surface area contributed by atoms with Crippen molar-refractivity contribution in [3.8, 4) is 5.75 Å². The number of ether oxygens (including phenoxy) is 1. The van der Waals surface area contributed by atoms with Crippen molar-refractivity contribution in [2.45, 2.75) is 38.7 Å². The summed E-state index contributed by atoms with van der Waals surface area (Å²) in [5.74, 6) is -0.345. The van der Waals surface area contributed by atoms with Crippen LogP contribution in [0.15, 0.2) is 12.1 Å². The van der Waals surface area contributed by atoms with Crippen LogP contribution in [0.3, 0.4) is 0 Å². The maximum atomic E-state index is 10.4. The van der Waals surface area contributed by atoms with Crippen LogP contribution in [-0.4, -0.2) is 22.8 Å². The van der Waals surface area contributed by atoms with Gasteiger partial charge in [0.05, 0.1) is 22.8 Å². The van der Waals surface area contributed by atoms with Gasteiger partial charge in [-0.3, -0.25) is 4.79 Å². The fraction of sp³-hybridized carbons (Fsp3) is 0.500. The monoisotopic (exact) mass is 320 g/mol. The van der Waals surface area contributed by atoms with Crippen molar-refractivity contribution < 1.29 is 19.7 Å². The van der Waals surface area contributed by atoms with Crippen LogP contribution in [0, 0.1) is 0 Å². The zero-order chi connectivity index (χ0) is 15.1. The Balaban J connectivity index is 2.65. The van der Waals surface area contributed by atoms with Gasteiger partial charge in [0.25, 0.3) is 0 Å². The molecule has 0 bridgehead atoms. The number of carboxylic acid groups (broad SMARTS) is 1. The molecule has 0 saturated carbocycles. The van der Waals surface area contributed by atoms with E-state index in [2.05, 4.69) is 0 Å². The fourth-order valence-corrected chi connectivity index (χ4v) is 2.34. The average Bonchev–Trinajstić information content (AvgIpc) is 2.38. The highest BCUT2D eigenvalue weighted by atomic mass is 35.5. The predicted octanol–water partition coefficient (Wildman–Crippen LogP) is 4.07. The Kier molecular flexibility index (Phi) is 7.13. The molecule has 0 aliphatic heterocycles. The van der Waals surface area contributed by atoms with Crippen LogP contribution in [0.25, 0.3) is 0 Å². The molecule has 0 fully saturated rings. The van der Waals surface area contributed by atoms with Gasteiger partial charge >= 0.3 is 5.97 Å². The highest BCUT2D eigenvalue weighted by molar-refractivity contribution is 6.34. The topological polar surface area (TPSA) is 66.8 Å². The van der Waals surface area contributed by atoms with Crippen molar-refractivity contribution in [2.75, 3.05) is 6.61 Å². The van der Waals surface area contributed by atoms with Gasteiger partial charge in [0.15, 0.2) is 0 Å². The maximum absolute atomic E-state index is 10.4. The molecule has 0 aliphatic carbocycles. The van der Waals surface area contributed by atoms with Gasteiger partial charge in [0.2, 0.25) is 0 Å². The first-order valence-corrected chi connectivity index (χ1v) is 7.22. The lowest BCUT2D eigenvalue weighted by Gasteiger charge is -2.15. The van der Waals surface area contributed by atoms with Gasteiger partial charge in [-0.1, -0.05) is 23.2 Å². The number of carboxylic acids is 1. The Bertz CT molecular complexity index is 463. The van der Waals surface area contributed by atoms with Gasteiger partial charge in [-0.15, -0.1) is 0 Å². The van der Waals surface area contributed by atoms with E-state index in [1.54, 1.807) is 12.1 Å². The quantitative estimate of drug-likeness (QED) is 0.708. The molecule has 0 spiro atoms. The lowest BCUT2D eigenvalue weighted by atomic mass is 10.0. The first kappa shape index (κ1) is 17.1. The second-order valence-corrected chi connectivity index (χ2v) is 5.21. The molecule has 0 aliphatic rings. The smallest absolute Gasteiger partial charge is 0.303 e. The van der Waals surface area contributed by atoms with Gasteiger partial charge in [0.1, 0.15) is 5.75 Å². The van der Waals surface area contributed by atoms with E-state index in [1.807, 2.05) is 6.92 Å². The van der Waals surface area contributed by atoms with E-state index in [4.69, 9.17) is 33.0 Å². The van der Waals surface area contributed by atoms with Gasteiger partial charge in [-0.2, -0.15) is 0 Å². The predicted molar refractivity (Wildman–Crippen MR) is 78.7 cm³/mol. The molecule has 1 rings (SSSR count). The van der Waals surface area contributed by atoms with E-state index in [0.717, 1.165) is 0 Å². The number of hydrogen-bond donors (Lipinski definition) is 2. The summed E-state index contributed by atoms with van der Waals surface area (Å²) in [4.78, 5) is 10.4. The lowest BCUT2D eigenvalue weighted by molar-refractivity contribution is -0.137. The molecule has 0 saturated heterocycles. The molecule has 1 aromatic rings. The Morgan fingerprint density at radius 2 is 2.00 bits per heavy atom. The third kappa shape index (κ3) is 5.19. The summed E-state index contributed by atoms with van der Waals surface area (Å²) in [6.45, 7) is 2.32. The van der Waals surface area contributed by atoms with E-state index >= 15 is 0 Å². The van der Waals surface area contributed by atoms with Crippen LogP contribution >= 0.6 is 23.2 Å². The molecule has 0 radical (unpaired) electrons. The van der Waals surface area contributed by atoms with Gasteiger partial charge < -0.3 is 14.9 Å². The molecule has 1 aromatic carbocycles. The van der Waals surface area contributed by atoms with Gasteiger partial charge in [-0.05, 0) is 32.3 Å². The average molecular weight is 321 g/mol. The third-order valence-corrected chi connectivity index (χ3v) is 3.45. The molecule has 0 heterocycles. The molecular weight excluding hydrogens is 303 g/mol. The molecule has 20 heavy (non-hydrogen) atoms. The van der Waals surface area contributed by atoms with E-state index in [-0.39, 0.29) is 6.42 Å². The van der Waals surface area contributed by atoms with Crippen LogP contribution in [0.1, 0.15) is 44.3 Å². The lowest BCUT2D eigenvalue weighted by Crippen LogP contribution is -2.01. The number of aliphatic carboxylic acids is 1. The summed E-state index contributed by atoms with van der Waals surface area (Å²) < 4.78 is 5.31. The summed E-state index contributed by atoms with van der Waals surface area (Å²) in [5, 5.41) is 19.4. The minimum atomic E-state index is -0.832. The molecule has 0 aromatic heterocycles. The number of rotatable bonds is 8. The van der Waals surface area contributed by atoms with Crippen LogP contribution < -0.4 is 4.74 Å². The first-order chi connectivity index (χ1) is 9.45. The number of hydrogen-bond acceptors (Lipinski definition) is 3. The molecule has 6 heteroatoms. The van der Waals surface area contributed by atoms with Gasteiger partial charge in [-0.25, -0.2) is 0 Å². The van der Waals surface area contributed by atoms with Crippen molar-refractivity contribution in [3.63, 3.8) is 0 Å². The second kappa shape index (κ2) is 8.35. The van der Waals surface area contributed by atoms with Crippen molar-refractivity contribution in [1.82, 2.24) is 0 Å². The van der Waals surface area contributed by atoms with Crippen molar-refractivity contribution in [1.29, 1.82) is 0 Å². The van der Waals surface area contributed by atoms with Crippen LogP contribution in [0.5, 0.6) is 5.75 Å². The van der Waals surface area contributed by atoms with Crippen LogP contribution in [0.4, 0.5) is 0 Å². The summed E-state index contributed by atoms with van der Waals surface area (Å²) >= 11 is 12.2. The zero-order valence-corrected chi connectivity index (χ0v) is 12.7. The highest BCUT2D eigenvalue weighted by Crippen LogP contribution is 2.35. The van der Waals surface area contributed by atoms with E-state index in [1.165, 1.54) is 0 Å². The van der Waals surface area contributed by atoms with Crippen molar-refractivity contribution in [3.05, 3.63) is 27.7 Å². The van der Waals surface area contributed by atoms with E-state index in [0.29, 0.717) is 47.2 Å². The standard InChI is InChI=1S/C14H18Cl2O4/c1-2-20-13-8-10(15)9(7-11(13)16)12(17)5-3-4-6-14(18)19/h7-8,12,17H,2-6H2,1H3,(H,18,19). The fourth-order valence-electron chi connectivity index (χ4n) is 1.83. The first-order valence-electron chi connectivity index (χ1n) is 6.47. The number of aliphatic hydroxyl groups is 1. The molecule has 0 amide bonds. The number of carbonyl (C=O) groups is 1. The number of unbranched alkanes of at least 4 members (excludes halogenated alkanes) is 1. The van der Waals surface area contributed by atoms with E-state index < -0.39 is 12.1 Å². The summed E-state index contributed by atoms with van der Waals surface area (Å²) in [6.07, 6.45) is 0.912. The third-order valence-electron chi connectivity index (χ3n) is 2.83. The minimum Gasteiger partial charge on any atom is -0.492 e. The minimum absolute atomic E-state index is 0.102. The summed E-state index contributed by atoms with van der Waals surface area (Å²) in [7, 11) is 0. The normalized spacial score (nSPS) is 12.2. The second-order valence-electron chi connectivity index (χ2n) is 4.39. The SMILES string of the molecule is CCOc1cc(Cl)c(C(O)CCCCC(=O)O)cc1Cl. The maximum Gasteiger partial charge on any atom is 0.303 e. The zero-order valence-electron chi connectivity index (χ0n) is 11.2. The number of benzene rings is 1. The molecule has 4 nitrogen and oxygen atoms in total. The Labute approximate surface area is 128 Å². The Hall–Kier alpha value is -0.970. The summed E-state index contributed by atoms with van der Waals surface area (Å²) in [6, 6.07) is 3.18. The van der Waals surface area contributed by atoms with Crippen molar-refractivity contribution >= 4 is 29.2 Å². The Morgan fingerprint density at radius 3 is 2.60 bits per heavy atom. The number of aliphatic hydroxyl groups excluding tert-OH is 1. The molecule has 1 unspecified atom stereocenters. The number of halogens is 2. The molecule has 112 valence electrons. The largest absolute Gasteiger partial charge is 0.492 e. The molecule has 1 atom stereocenters. The van der Waals surface area contributed by atoms with E-state index in [9.17, 15) is 9.90 Å². The Morgan fingerprint density at radius 1 is 1.30 bits per heavy atom. The molecular formula is C14H18Cl2O4. The molecule has 2 N–H and O–H groups in total. The highest BCUT2D eigenvalue weighted by Gasteiger charge is 2.15. The van der Waals surface area contributed by atoms with Crippen LogP contribution in [0.2, 0.25) is 10.0 Å². The van der Waals surface area contributed by atoms with Gasteiger partial charge in [0, 0.05) is 18.1 Å². The van der Waals surface area contributed by atoms with Crippen molar-refractivity contribution in [2.24, 2.45) is 0 Å². The van der Waals surface area contributed by atoms with Crippen LogP contribution in [-0.2, 0) is 4.79 Å².